The molecule has 0 saturated carbocycles. The highest BCUT2D eigenvalue weighted by Gasteiger charge is 2.11. The molecule has 1 aromatic heterocycles. The van der Waals surface area contributed by atoms with Crippen molar-refractivity contribution in [2.75, 3.05) is 17.3 Å². The fraction of sp³-hybridized carbons (Fsp3) is 0.150. The van der Waals surface area contributed by atoms with E-state index in [-0.39, 0.29) is 5.91 Å². The van der Waals surface area contributed by atoms with Crippen LogP contribution in [0.2, 0.25) is 0 Å². The van der Waals surface area contributed by atoms with Crippen molar-refractivity contribution in [2.45, 2.75) is 13.8 Å². The summed E-state index contributed by atoms with van der Waals surface area (Å²) in [4.78, 5) is 22.9. The predicted molar refractivity (Wildman–Crippen MR) is 100 cm³/mol. The molecule has 3 aromatic rings. The topological polar surface area (TPSA) is 58.1 Å². The molecule has 0 atom stereocenters. The number of para-hydroxylation sites is 1. The van der Waals surface area contributed by atoms with Crippen molar-refractivity contribution in [3.8, 4) is 0 Å². The van der Waals surface area contributed by atoms with Gasteiger partial charge in [-0.15, -0.1) is 0 Å². The number of hydrogen-bond acceptors (Lipinski definition) is 4. The van der Waals surface area contributed by atoms with Crippen LogP contribution < -0.4 is 10.2 Å². The number of amides is 1. The Morgan fingerprint density at radius 1 is 0.960 bits per heavy atom. The maximum absolute atomic E-state index is 12.4. The lowest BCUT2D eigenvalue weighted by Gasteiger charge is -2.16. The predicted octanol–water partition coefficient (Wildman–Crippen LogP) is 4.11. The van der Waals surface area contributed by atoms with E-state index >= 15 is 0 Å². The fourth-order valence-electron chi connectivity index (χ4n) is 2.63. The molecule has 0 unspecified atom stereocenters. The summed E-state index contributed by atoms with van der Waals surface area (Å²) in [5.74, 6) is 0.313. The summed E-state index contributed by atoms with van der Waals surface area (Å²) in [6.07, 6.45) is 3.08. The Morgan fingerprint density at radius 3 is 2.16 bits per heavy atom. The van der Waals surface area contributed by atoms with Gasteiger partial charge < -0.3 is 10.2 Å². The van der Waals surface area contributed by atoms with Crippen molar-refractivity contribution in [3.05, 3.63) is 77.6 Å². The van der Waals surface area contributed by atoms with E-state index in [2.05, 4.69) is 21.4 Å². The van der Waals surface area contributed by atoms with Crippen molar-refractivity contribution in [3.63, 3.8) is 0 Å². The third-order valence-corrected chi connectivity index (χ3v) is 3.82. The first-order valence-corrected chi connectivity index (χ1v) is 8.03. The molecule has 25 heavy (non-hydrogen) atoms. The third kappa shape index (κ3) is 4.01. The number of rotatable bonds is 4. The number of carbonyl (C=O) groups is 1. The minimum absolute atomic E-state index is 0.223. The molecule has 1 N–H and O–H groups in total. The van der Waals surface area contributed by atoms with Gasteiger partial charge in [0, 0.05) is 30.8 Å². The van der Waals surface area contributed by atoms with Crippen molar-refractivity contribution in [1.29, 1.82) is 0 Å². The summed E-state index contributed by atoms with van der Waals surface area (Å²) in [6.45, 7) is 4.00. The van der Waals surface area contributed by atoms with Crippen LogP contribution >= 0.6 is 0 Å². The largest absolute Gasteiger partial charge is 0.322 e. The van der Waals surface area contributed by atoms with E-state index in [0.717, 1.165) is 22.5 Å². The van der Waals surface area contributed by atoms with Crippen molar-refractivity contribution < 1.29 is 4.79 Å². The summed E-state index contributed by atoms with van der Waals surface area (Å²) < 4.78 is 0. The third-order valence-electron chi connectivity index (χ3n) is 3.82. The number of anilines is 3. The number of hydrogen-bond donors (Lipinski definition) is 1. The Bertz CT molecular complexity index is 856. The highest BCUT2D eigenvalue weighted by molar-refractivity contribution is 6.04. The van der Waals surface area contributed by atoms with Gasteiger partial charge in [-0.05, 0) is 49.2 Å². The van der Waals surface area contributed by atoms with E-state index in [9.17, 15) is 4.79 Å². The molecule has 0 bridgehead atoms. The molecule has 1 amide bonds. The molecule has 0 fully saturated rings. The summed E-state index contributed by atoms with van der Waals surface area (Å²) in [7, 11) is 1.89. The van der Waals surface area contributed by atoms with Crippen molar-refractivity contribution >= 4 is 23.2 Å². The van der Waals surface area contributed by atoms with E-state index in [0.29, 0.717) is 11.5 Å². The SMILES string of the molecule is Cc1cc(C)cc(NC(=O)c2cnc(N(C)c3ccccc3)nc2)c1. The molecule has 0 aliphatic heterocycles. The van der Waals surface area contributed by atoms with Crippen LogP contribution in [-0.2, 0) is 0 Å². The van der Waals surface area contributed by atoms with Crippen LogP contribution in [-0.4, -0.2) is 22.9 Å². The van der Waals surface area contributed by atoms with Gasteiger partial charge in [-0.25, -0.2) is 9.97 Å². The van der Waals surface area contributed by atoms with E-state index in [4.69, 9.17) is 0 Å². The van der Waals surface area contributed by atoms with E-state index in [1.807, 2.05) is 68.3 Å². The molecule has 0 aliphatic carbocycles. The molecule has 0 saturated heterocycles. The maximum Gasteiger partial charge on any atom is 0.258 e. The van der Waals surface area contributed by atoms with Gasteiger partial charge in [0.2, 0.25) is 5.95 Å². The van der Waals surface area contributed by atoms with Crippen molar-refractivity contribution in [2.24, 2.45) is 0 Å². The first kappa shape index (κ1) is 16.6. The van der Waals surface area contributed by atoms with Crippen LogP contribution in [0.5, 0.6) is 0 Å². The quantitative estimate of drug-likeness (QED) is 0.781. The number of benzene rings is 2. The van der Waals surface area contributed by atoms with Gasteiger partial charge in [0.15, 0.2) is 0 Å². The van der Waals surface area contributed by atoms with Crippen LogP contribution in [0.1, 0.15) is 21.5 Å². The standard InChI is InChI=1S/C20H20N4O/c1-14-9-15(2)11-17(10-14)23-19(25)16-12-21-20(22-13-16)24(3)18-7-5-4-6-8-18/h4-13H,1-3H3,(H,23,25). The van der Waals surface area contributed by atoms with Gasteiger partial charge >= 0.3 is 0 Å². The molecule has 2 aromatic carbocycles. The van der Waals surface area contributed by atoms with Crippen LogP contribution in [0.15, 0.2) is 60.9 Å². The summed E-state index contributed by atoms with van der Waals surface area (Å²) in [5.41, 5.74) is 4.38. The van der Waals surface area contributed by atoms with Gasteiger partial charge in [-0.2, -0.15) is 0 Å². The number of nitrogens with zero attached hydrogens (tertiary/aromatic N) is 3. The molecule has 0 spiro atoms. The normalized spacial score (nSPS) is 10.4. The van der Waals surface area contributed by atoms with Gasteiger partial charge in [0.05, 0.1) is 5.56 Å². The van der Waals surface area contributed by atoms with Crippen LogP contribution in [0, 0.1) is 13.8 Å². The minimum atomic E-state index is -0.223. The Hall–Kier alpha value is -3.21. The summed E-state index contributed by atoms with van der Waals surface area (Å²) in [5, 5.41) is 2.89. The lowest BCUT2D eigenvalue weighted by molar-refractivity contribution is 0.102. The van der Waals surface area contributed by atoms with Crippen LogP contribution in [0.25, 0.3) is 0 Å². The highest BCUT2D eigenvalue weighted by Crippen LogP contribution is 2.19. The maximum atomic E-state index is 12.4. The molecule has 0 radical (unpaired) electrons. The number of nitrogens with one attached hydrogen (secondary N) is 1. The lowest BCUT2D eigenvalue weighted by atomic mass is 10.1. The van der Waals surface area contributed by atoms with Gasteiger partial charge in [-0.1, -0.05) is 24.3 Å². The van der Waals surface area contributed by atoms with E-state index in [1.54, 1.807) is 12.4 Å². The zero-order valence-corrected chi connectivity index (χ0v) is 14.5. The molecule has 0 aliphatic rings. The minimum Gasteiger partial charge on any atom is -0.322 e. The first-order chi connectivity index (χ1) is 12.0. The molecular formula is C20H20N4O. The molecule has 3 rings (SSSR count). The van der Waals surface area contributed by atoms with E-state index in [1.165, 1.54) is 0 Å². The Balaban J connectivity index is 1.74. The zero-order chi connectivity index (χ0) is 17.8. The fourth-order valence-corrected chi connectivity index (χ4v) is 2.63. The van der Waals surface area contributed by atoms with Gasteiger partial charge in [-0.3, -0.25) is 4.79 Å². The smallest absolute Gasteiger partial charge is 0.258 e. The Kier molecular flexibility index (Phi) is 4.75. The second kappa shape index (κ2) is 7.13. The number of aromatic nitrogens is 2. The average Bonchev–Trinajstić information content (AvgIpc) is 2.61. The van der Waals surface area contributed by atoms with Crippen molar-refractivity contribution in [1.82, 2.24) is 9.97 Å². The van der Waals surface area contributed by atoms with Gasteiger partial charge in [0.25, 0.3) is 5.91 Å². The zero-order valence-electron chi connectivity index (χ0n) is 14.5. The monoisotopic (exact) mass is 332 g/mol. The Morgan fingerprint density at radius 2 is 1.56 bits per heavy atom. The number of aryl methyl sites for hydroxylation is 2. The molecular weight excluding hydrogens is 312 g/mol. The number of carbonyl (C=O) groups excluding carboxylic acids is 1. The van der Waals surface area contributed by atoms with Crippen LogP contribution in [0.4, 0.5) is 17.3 Å². The van der Waals surface area contributed by atoms with E-state index < -0.39 is 0 Å². The second-order valence-corrected chi connectivity index (χ2v) is 6.00. The van der Waals surface area contributed by atoms with Crippen LogP contribution in [0.3, 0.4) is 0 Å². The summed E-state index contributed by atoms with van der Waals surface area (Å²) in [6, 6.07) is 15.8. The van der Waals surface area contributed by atoms with Gasteiger partial charge in [0.1, 0.15) is 0 Å². The Labute approximate surface area is 147 Å². The molecule has 126 valence electrons. The average molecular weight is 332 g/mol. The highest BCUT2D eigenvalue weighted by atomic mass is 16.1. The lowest BCUT2D eigenvalue weighted by Crippen LogP contribution is -2.16. The first-order valence-electron chi connectivity index (χ1n) is 8.03. The second-order valence-electron chi connectivity index (χ2n) is 6.00. The molecule has 5 nitrogen and oxygen atoms in total. The summed E-state index contributed by atoms with van der Waals surface area (Å²) >= 11 is 0. The molecule has 5 heteroatoms. The molecule has 1 heterocycles.